The van der Waals surface area contributed by atoms with Crippen LogP contribution >= 0.6 is 11.9 Å². The predicted molar refractivity (Wildman–Crippen MR) is 60.3 cm³/mol. The molecule has 0 bridgehead atoms. The molecule has 4 heteroatoms. The monoisotopic (exact) mass is 216 g/mol. The normalized spacial score (nSPS) is 34.1. The zero-order valence-corrected chi connectivity index (χ0v) is 9.89. The third-order valence-electron chi connectivity index (χ3n) is 3.49. The largest absolute Gasteiger partial charge is 0.387 e. The Bertz CT molecular complexity index is 206. The van der Waals surface area contributed by atoms with Crippen LogP contribution in [0.15, 0.2) is 0 Å². The molecule has 1 N–H and O–H groups in total. The smallest absolute Gasteiger partial charge is 0.0940 e. The minimum absolute atomic E-state index is 0.386. The molecule has 14 heavy (non-hydrogen) atoms. The highest BCUT2D eigenvalue weighted by Crippen LogP contribution is 2.35. The first kappa shape index (κ1) is 10.7. The van der Waals surface area contributed by atoms with E-state index in [4.69, 9.17) is 0 Å². The van der Waals surface area contributed by atoms with Gasteiger partial charge in [0.05, 0.1) is 5.60 Å². The van der Waals surface area contributed by atoms with Crippen LogP contribution in [0.25, 0.3) is 0 Å². The first-order valence-electron chi connectivity index (χ1n) is 5.34. The Morgan fingerprint density at radius 2 is 2.14 bits per heavy atom. The van der Waals surface area contributed by atoms with Crippen LogP contribution in [0.2, 0.25) is 0 Å². The fraction of sp³-hybridized carbons (Fsp3) is 1.00. The molecular weight excluding hydrogens is 196 g/mol. The summed E-state index contributed by atoms with van der Waals surface area (Å²) in [6, 6.07) is 0. The Hall–Kier alpha value is 0.230. The highest BCUT2D eigenvalue weighted by molar-refractivity contribution is 7.96. The van der Waals surface area contributed by atoms with Gasteiger partial charge in [-0.1, -0.05) is 11.9 Å². The van der Waals surface area contributed by atoms with Crippen LogP contribution < -0.4 is 0 Å². The molecule has 2 saturated heterocycles. The molecule has 0 saturated carbocycles. The van der Waals surface area contributed by atoms with Crippen molar-refractivity contribution < 1.29 is 5.11 Å². The highest BCUT2D eigenvalue weighted by Gasteiger charge is 2.46. The van der Waals surface area contributed by atoms with Crippen LogP contribution in [-0.2, 0) is 0 Å². The van der Waals surface area contributed by atoms with Crippen molar-refractivity contribution in [1.29, 1.82) is 0 Å². The summed E-state index contributed by atoms with van der Waals surface area (Å²) in [7, 11) is 2.07. The second-order valence-electron chi connectivity index (χ2n) is 4.69. The van der Waals surface area contributed by atoms with Crippen LogP contribution in [0.1, 0.15) is 12.8 Å². The van der Waals surface area contributed by atoms with Crippen molar-refractivity contribution in [3.05, 3.63) is 0 Å². The van der Waals surface area contributed by atoms with Crippen LogP contribution in [0.5, 0.6) is 0 Å². The number of hydrogen-bond acceptors (Lipinski definition) is 4. The van der Waals surface area contributed by atoms with Gasteiger partial charge in [-0.05, 0) is 26.1 Å². The predicted octanol–water partition coefficient (Wildman–Crippen LogP) is 0.653. The Morgan fingerprint density at radius 1 is 1.43 bits per heavy atom. The molecule has 2 heterocycles. The summed E-state index contributed by atoms with van der Waals surface area (Å²) < 4.78 is 2.38. The van der Waals surface area contributed by atoms with Gasteiger partial charge < -0.3 is 10.0 Å². The Morgan fingerprint density at radius 3 is 2.71 bits per heavy atom. The van der Waals surface area contributed by atoms with E-state index in [1.54, 1.807) is 0 Å². The number of β-amino-alcohol motifs (C(OH)–C–C–N with tert-alkyl or cyclic N) is 1. The van der Waals surface area contributed by atoms with E-state index in [9.17, 15) is 5.11 Å². The Balaban J connectivity index is 1.91. The van der Waals surface area contributed by atoms with Gasteiger partial charge in [0, 0.05) is 32.1 Å². The van der Waals surface area contributed by atoms with E-state index >= 15 is 0 Å². The molecule has 0 amide bonds. The number of likely N-dealkylation sites (tertiary alicyclic amines) is 1. The molecular formula is C10H20N2OS. The van der Waals surface area contributed by atoms with E-state index in [1.807, 2.05) is 11.9 Å². The summed E-state index contributed by atoms with van der Waals surface area (Å²) in [5.74, 6) is 0.486. The molecule has 2 aliphatic rings. The fourth-order valence-corrected chi connectivity index (χ4v) is 3.33. The van der Waals surface area contributed by atoms with Crippen molar-refractivity contribution in [2.75, 3.05) is 39.5 Å². The lowest BCUT2D eigenvalue weighted by Crippen LogP contribution is -2.65. The number of hydrogen-bond donors (Lipinski definition) is 1. The third kappa shape index (κ3) is 1.94. The number of rotatable bonds is 2. The number of aliphatic hydroxyl groups is 1. The second kappa shape index (κ2) is 4.00. The van der Waals surface area contributed by atoms with Crippen molar-refractivity contribution in [3.8, 4) is 0 Å². The summed E-state index contributed by atoms with van der Waals surface area (Å²) in [5, 5.41) is 10.3. The van der Waals surface area contributed by atoms with Gasteiger partial charge in [0.25, 0.3) is 0 Å². The summed E-state index contributed by atoms with van der Waals surface area (Å²) in [5.41, 5.74) is -0.386. The molecule has 0 unspecified atom stereocenters. The zero-order valence-electron chi connectivity index (χ0n) is 9.07. The standard InChI is InChI=1S/C10H20N2OS/c1-11-7-10(13,8-11)9-4-3-5-12(6-9)14-2/h9,13H,3-8H2,1-2H3/t9-/m0/s1. The minimum Gasteiger partial charge on any atom is -0.387 e. The topological polar surface area (TPSA) is 26.7 Å². The lowest BCUT2D eigenvalue weighted by molar-refractivity contribution is -0.135. The Labute approximate surface area is 90.6 Å². The van der Waals surface area contributed by atoms with Gasteiger partial charge in [-0.3, -0.25) is 4.31 Å². The molecule has 1 atom stereocenters. The maximum Gasteiger partial charge on any atom is 0.0940 e. The van der Waals surface area contributed by atoms with Gasteiger partial charge in [0.1, 0.15) is 0 Å². The van der Waals surface area contributed by atoms with E-state index in [1.165, 1.54) is 19.4 Å². The molecule has 0 aromatic heterocycles. The molecule has 0 spiro atoms. The minimum atomic E-state index is -0.386. The van der Waals surface area contributed by atoms with Crippen molar-refractivity contribution >= 4 is 11.9 Å². The highest BCUT2D eigenvalue weighted by atomic mass is 32.2. The number of nitrogens with zero attached hydrogens (tertiary/aromatic N) is 2. The summed E-state index contributed by atoms with van der Waals surface area (Å²) in [6.07, 6.45) is 4.55. The van der Waals surface area contributed by atoms with E-state index < -0.39 is 0 Å². The maximum absolute atomic E-state index is 10.3. The summed E-state index contributed by atoms with van der Waals surface area (Å²) >= 11 is 1.81. The van der Waals surface area contributed by atoms with E-state index in [-0.39, 0.29) is 5.60 Å². The van der Waals surface area contributed by atoms with E-state index in [2.05, 4.69) is 22.5 Å². The maximum atomic E-state index is 10.3. The molecule has 2 rings (SSSR count). The first-order chi connectivity index (χ1) is 6.64. The molecule has 82 valence electrons. The Kier molecular flexibility index (Phi) is 3.07. The SMILES string of the molecule is CSN1CCC[C@H](C2(O)CN(C)C2)C1. The van der Waals surface area contributed by atoms with Gasteiger partial charge in [-0.15, -0.1) is 0 Å². The van der Waals surface area contributed by atoms with Gasteiger partial charge in [0.15, 0.2) is 0 Å². The van der Waals surface area contributed by atoms with Crippen molar-refractivity contribution in [2.24, 2.45) is 5.92 Å². The molecule has 0 aromatic rings. The van der Waals surface area contributed by atoms with E-state index in [0.717, 1.165) is 19.6 Å². The first-order valence-corrected chi connectivity index (χ1v) is 6.52. The van der Waals surface area contributed by atoms with Crippen LogP contribution in [0, 0.1) is 5.92 Å². The molecule has 0 aliphatic carbocycles. The third-order valence-corrected chi connectivity index (χ3v) is 4.34. The van der Waals surface area contributed by atoms with Gasteiger partial charge in [0.2, 0.25) is 0 Å². The van der Waals surface area contributed by atoms with Gasteiger partial charge in [-0.25, -0.2) is 0 Å². The lowest BCUT2D eigenvalue weighted by Gasteiger charge is -2.51. The molecule has 3 nitrogen and oxygen atoms in total. The summed E-state index contributed by atoms with van der Waals surface area (Å²) in [6.45, 7) is 3.97. The molecule has 2 fully saturated rings. The molecule has 0 radical (unpaired) electrons. The van der Waals surface area contributed by atoms with Crippen LogP contribution in [-0.4, -0.2) is 59.4 Å². The number of likely N-dealkylation sites (N-methyl/N-ethyl adjacent to an activating group) is 1. The lowest BCUT2D eigenvalue weighted by atomic mass is 9.77. The number of piperidine rings is 1. The molecule has 0 aromatic carbocycles. The average Bonchev–Trinajstić information content (AvgIpc) is 2.16. The zero-order chi connectivity index (χ0) is 10.2. The second-order valence-corrected chi connectivity index (χ2v) is 5.57. The van der Waals surface area contributed by atoms with E-state index in [0.29, 0.717) is 5.92 Å². The van der Waals surface area contributed by atoms with Crippen molar-refractivity contribution in [3.63, 3.8) is 0 Å². The van der Waals surface area contributed by atoms with Crippen LogP contribution in [0.3, 0.4) is 0 Å². The molecule has 2 aliphatic heterocycles. The van der Waals surface area contributed by atoms with Gasteiger partial charge in [-0.2, -0.15) is 0 Å². The quantitative estimate of drug-likeness (QED) is 0.686. The summed E-state index contributed by atoms with van der Waals surface area (Å²) in [4.78, 5) is 2.19. The average molecular weight is 216 g/mol. The fourth-order valence-electron chi connectivity index (χ4n) is 2.69. The van der Waals surface area contributed by atoms with Gasteiger partial charge >= 0.3 is 0 Å². The van der Waals surface area contributed by atoms with Crippen molar-refractivity contribution in [1.82, 2.24) is 9.21 Å². The van der Waals surface area contributed by atoms with Crippen molar-refractivity contribution in [2.45, 2.75) is 18.4 Å². The van der Waals surface area contributed by atoms with Crippen LogP contribution in [0.4, 0.5) is 0 Å².